The summed E-state index contributed by atoms with van der Waals surface area (Å²) in [5.41, 5.74) is 1.26. The molecule has 1 aromatic heterocycles. The molecule has 2 aromatic carbocycles. The molecule has 0 saturated heterocycles. The number of para-hydroxylation sites is 2. The summed E-state index contributed by atoms with van der Waals surface area (Å²) in [6.07, 6.45) is -0.00842. The largest absolute Gasteiger partial charge is 0.320 e. The second-order valence-electron chi connectivity index (χ2n) is 5.30. The highest BCUT2D eigenvalue weighted by molar-refractivity contribution is 5.90. The minimum absolute atomic E-state index is 0.00842. The highest BCUT2D eigenvalue weighted by Crippen LogP contribution is 2.28. The van der Waals surface area contributed by atoms with E-state index in [2.05, 4.69) is 4.98 Å². The normalized spacial score (nSPS) is 12.2. The average molecular weight is 325 g/mol. The minimum atomic E-state index is -2.88. The van der Waals surface area contributed by atoms with Crippen LogP contribution in [0.25, 0.3) is 11.0 Å². The Morgan fingerprint density at radius 2 is 1.79 bits per heavy atom. The number of ketones is 1. The molecule has 0 spiro atoms. The van der Waals surface area contributed by atoms with E-state index in [1.54, 1.807) is 42.5 Å². The monoisotopic (exact) mass is 325 g/mol. The van der Waals surface area contributed by atoms with Gasteiger partial charge in [0.1, 0.15) is 5.82 Å². The number of nitrogens with zero attached hydrogens (tertiary/aromatic N) is 3. The number of carbonyl (C=O) groups is 1. The summed E-state index contributed by atoms with van der Waals surface area (Å²) < 4.78 is 27.6. The summed E-state index contributed by atoms with van der Waals surface area (Å²) in [7, 11) is 0. The van der Waals surface area contributed by atoms with Gasteiger partial charge in [-0.1, -0.05) is 42.5 Å². The number of halogens is 2. The SMILES string of the molecule is N#C[C@@H](C(=O)Cc1ccccc1)c1nc2ccccc2n1C(F)F. The highest BCUT2D eigenvalue weighted by atomic mass is 19.3. The van der Waals surface area contributed by atoms with E-state index in [0.29, 0.717) is 10.1 Å². The predicted octanol–water partition coefficient (Wildman–Crippen LogP) is 3.85. The van der Waals surface area contributed by atoms with Crippen molar-refractivity contribution < 1.29 is 13.6 Å². The molecule has 0 unspecified atom stereocenters. The van der Waals surface area contributed by atoms with Gasteiger partial charge in [0.05, 0.1) is 17.1 Å². The van der Waals surface area contributed by atoms with Gasteiger partial charge in [0.15, 0.2) is 11.7 Å². The second-order valence-corrected chi connectivity index (χ2v) is 5.30. The van der Waals surface area contributed by atoms with Crippen LogP contribution in [-0.2, 0) is 11.2 Å². The molecule has 0 amide bonds. The topological polar surface area (TPSA) is 58.7 Å². The second kappa shape index (κ2) is 6.59. The maximum Gasteiger partial charge on any atom is 0.320 e. The van der Waals surface area contributed by atoms with Gasteiger partial charge in [0.25, 0.3) is 0 Å². The lowest BCUT2D eigenvalue weighted by Crippen LogP contribution is -2.18. The van der Waals surface area contributed by atoms with Crippen LogP contribution in [0.5, 0.6) is 0 Å². The Kier molecular flexibility index (Phi) is 4.34. The van der Waals surface area contributed by atoms with Crippen molar-refractivity contribution in [1.82, 2.24) is 9.55 Å². The number of fused-ring (bicyclic) bond motifs is 1. The molecule has 0 N–H and O–H groups in total. The number of Topliss-reactive ketones (excluding diaryl/α,β-unsaturated/α-hetero) is 1. The third-order valence-corrected chi connectivity index (χ3v) is 3.75. The van der Waals surface area contributed by atoms with E-state index in [4.69, 9.17) is 0 Å². The van der Waals surface area contributed by atoms with E-state index in [9.17, 15) is 18.8 Å². The van der Waals surface area contributed by atoms with Crippen LogP contribution < -0.4 is 0 Å². The highest BCUT2D eigenvalue weighted by Gasteiger charge is 2.29. The van der Waals surface area contributed by atoms with Crippen LogP contribution in [0.3, 0.4) is 0 Å². The fourth-order valence-electron chi connectivity index (χ4n) is 2.64. The molecule has 0 aliphatic carbocycles. The van der Waals surface area contributed by atoms with E-state index in [1.165, 1.54) is 6.07 Å². The van der Waals surface area contributed by atoms with E-state index in [0.717, 1.165) is 5.56 Å². The third kappa shape index (κ3) is 2.88. The predicted molar refractivity (Wildman–Crippen MR) is 84.5 cm³/mol. The van der Waals surface area contributed by atoms with Crippen molar-refractivity contribution in [3.05, 3.63) is 66.0 Å². The summed E-state index contributed by atoms with van der Waals surface area (Å²) in [5.74, 6) is -2.01. The van der Waals surface area contributed by atoms with Crippen LogP contribution in [0.4, 0.5) is 8.78 Å². The van der Waals surface area contributed by atoms with Gasteiger partial charge in [-0.05, 0) is 17.7 Å². The number of hydrogen-bond donors (Lipinski definition) is 0. The molecule has 6 heteroatoms. The number of nitriles is 1. The quantitative estimate of drug-likeness (QED) is 0.716. The summed E-state index contributed by atoms with van der Waals surface area (Å²) in [6.45, 7) is -2.88. The van der Waals surface area contributed by atoms with Gasteiger partial charge in [-0.25, -0.2) is 4.98 Å². The molecule has 0 radical (unpaired) electrons. The number of benzene rings is 2. The van der Waals surface area contributed by atoms with Crippen molar-refractivity contribution in [2.24, 2.45) is 0 Å². The standard InChI is InChI=1S/C18H13F2N3O/c19-18(20)23-15-9-5-4-8-14(15)22-17(23)13(11-21)16(24)10-12-6-2-1-3-7-12/h1-9,13,18H,10H2/t13-/m0/s1. The lowest BCUT2D eigenvalue weighted by molar-refractivity contribution is -0.119. The first-order chi connectivity index (χ1) is 11.6. The first-order valence-corrected chi connectivity index (χ1v) is 7.33. The van der Waals surface area contributed by atoms with Gasteiger partial charge in [0.2, 0.25) is 0 Å². The number of carbonyl (C=O) groups excluding carboxylic acids is 1. The number of aromatic nitrogens is 2. The first kappa shape index (κ1) is 15.8. The van der Waals surface area contributed by atoms with Crippen molar-refractivity contribution in [1.29, 1.82) is 5.26 Å². The fourth-order valence-corrected chi connectivity index (χ4v) is 2.64. The molecule has 0 fully saturated rings. The van der Waals surface area contributed by atoms with Crippen LogP contribution in [0.2, 0.25) is 0 Å². The number of rotatable bonds is 5. The molecular formula is C18H13F2N3O. The summed E-state index contributed by atoms with van der Waals surface area (Å²) in [5, 5.41) is 9.39. The Balaban J connectivity index is 2.02. The molecule has 4 nitrogen and oxygen atoms in total. The Hall–Kier alpha value is -3.07. The van der Waals surface area contributed by atoms with Gasteiger partial charge in [-0.2, -0.15) is 14.0 Å². The molecule has 3 rings (SSSR count). The van der Waals surface area contributed by atoms with Crippen LogP contribution >= 0.6 is 0 Å². The molecule has 1 atom stereocenters. The third-order valence-electron chi connectivity index (χ3n) is 3.75. The van der Waals surface area contributed by atoms with Crippen LogP contribution in [0.1, 0.15) is 23.9 Å². The smallest absolute Gasteiger partial charge is 0.297 e. The molecule has 3 aromatic rings. The maximum absolute atomic E-state index is 13.5. The zero-order valence-corrected chi connectivity index (χ0v) is 12.6. The molecule has 0 bridgehead atoms. The molecular weight excluding hydrogens is 312 g/mol. The Bertz CT molecular complexity index is 913. The number of hydrogen-bond acceptors (Lipinski definition) is 3. The number of alkyl halides is 2. The van der Waals surface area contributed by atoms with Gasteiger partial charge in [-0.3, -0.25) is 9.36 Å². The Labute approximate surface area is 137 Å². The van der Waals surface area contributed by atoms with E-state index in [-0.39, 0.29) is 17.8 Å². The zero-order chi connectivity index (χ0) is 17.1. The van der Waals surface area contributed by atoms with E-state index >= 15 is 0 Å². The maximum atomic E-state index is 13.5. The lowest BCUT2D eigenvalue weighted by atomic mass is 9.98. The summed E-state index contributed by atoms with van der Waals surface area (Å²) in [4.78, 5) is 16.6. The molecule has 0 saturated carbocycles. The fraction of sp³-hybridized carbons (Fsp3) is 0.167. The zero-order valence-electron chi connectivity index (χ0n) is 12.6. The first-order valence-electron chi connectivity index (χ1n) is 7.33. The van der Waals surface area contributed by atoms with Gasteiger partial charge >= 0.3 is 6.55 Å². The van der Waals surface area contributed by atoms with Crippen molar-refractivity contribution in [2.45, 2.75) is 18.9 Å². The molecule has 1 heterocycles. The van der Waals surface area contributed by atoms with Crippen LogP contribution in [0.15, 0.2) is 54.6 Å². The Morgan fingerprint density at radius 3 is 2.46 bits per heavy atom. The Morgan fingerprint density at radius 1 is 1.12 bits per heavy atom. The molecule has 24 heavy (non-hydrogen) atoms. The van der Waals surface area contributed by atoms with Gasteiger partial charge in [-0.15, -0.1) is 0 Å². The van der Waals surface area contributed by atoms with Gasteiger partial charge < -0.3 is 0 Å². The summed E-state index contributed by atoms with van der Waals surface area (Å²) in [6, 6.07) is 17.0. The van der Waals surface area contributed by atoms with E-state index in [1.807, 2.05) is 12.1 Å². The van der Waals surface area contributed by atoms with Crippen molar-refractivity contribution in [2.75, 3.05) is 0 Å². The molecule has 0 aliphatic heterocycles. The van der Waals surface area contributed by atoms with Crippen molar-refractivity contribution in [3.63, 3.8) is 0 Å². The number of imidazole rings is 1. The lowest BCUT2D eigenvalue weighted by Gasteiger charge is -2.11. The van der Waals surface area contributed by atoms with Crippen LogP contribution in [0, 0.1) is 11.3 Å². The van der Waals surface area contributed by atoms with Crippen molar-refractivity contribution >= 4 is 16.8 Å². The van der Waals surface area contributed by atoms with Crippen molar-refractivity contribution in [3.8, 4) is 6.07 Å². The summed E-state index contributed by atoms with van der Waals surface area (Å²) >= 11 is 0. The molecule has 0 aliphatic rings. The van der Waals surface area contributed by atoms with Gasteiger partial charge in [0, 0.05) is 6.42 Å². The van der Waals surface area contributed by atoms with E-state index < -0.39 is 18.3 Å². The molecule has 120 valence electrons. The van der Waals surface area contributed by atoms with Crippen LogP contribution in [-0.4, -0.2) is 15.3 Å². The average Bonchev–Trinajstić information content (AvgIpc) is 2.95. The minimum Gasteiger partial charge on any atom is -0.297 e.